The highest BCUT2D eigenvalue weighted by Gasteiger charge is 2.24. The van der Waals surface area contributed by atoms with Crippen LogP contribution in [0, 0.1) is 0 Å². The third-order valence-corrected chi connectivity index (χ3v) is 3.10. The molecule has 1 rings (SSSR count). The Morgan fingerprint density at radius 1 is 1.40 bits per heavy atom. The molecule has 2 atom stereocenters. The van der Waals surface area contributed by atoms with Crippen LogP contribution in [-0.2, 0) is 4.79 Å². The first-order valence-corrected chi connectivity index (χ1v) is 6.46. The Bertz CT molecular complexity index is 507. The van der Waals surface area contributed by atoms with E-state index in [0.29, 0.717) is 11.4 Å². The van der Waals surface area contributed by atoms with Gasteiger partial charge in [0.15, 0.2) is 6.04 Å². The Labute approximate surface area is 124 Å². The van der Waals surface area contributed by atoms with Gasteiger partial charge in [-0.2, -0.15) is 0 Å². The van der Waals surface area contributed by atoms with Crippen LogP contribution in [-0.4, -0.2) is 41.5 Å². The predicted octanol–water partition coefficient (Wildman–Crippen LogP) is 1.41. The highest BCUT2D eigenvalue weighted by Crippen LogP contribution is 2.27. The first kappa shape index (κ1) is 16.3. The average molecular weight is 347 g/mol. The number of carbonyl (C=O) groups excluding carboxylic acids is 1. The summed E-state index contributed by atoms with van der Waals surface area (Å²) >= 11 is 3.27. The quantitative estimate of drug-likeness (QED) is 0.644. The highest BCUT2D eigenvalue weighted by atomic mass is 79.9. The molecule has 1 aromatic rings. The van der Waals surface area contributed by atoms with Gasteiger partial charge in [-0.3, -0.25) is 0 Å². The summed E-state index contributed by atoms with van der Waals surface area (Å²) in [4.78, 5) is 22.5. The lowest BCUT2D eigenvalue weighted by Crippen LogP contribution is -2.49. The Hall–Kier alpha value is -1.80. The summed E-state index contributed by atoms with van der Waals surface area (Å²) in [5.74, 6) is -0.795. The molecule has 0 radical (unpaired) electrons. The van der Waals surface area contributed by atoms with Crippen LogP contribution in [0.4, 0.5) is 10.5 Å². The lowest BCUT2D eigenvalue weighted by atomic mass is 10.2. The number of aliphatic carboxylic acids is 1. The van der Waals surface area contributed by atoms with Gasteiger partial charge in [-0.05, 0) is 35.0 Å². The number of urea groups is 1. The standard InChI is InChI=1S/C12H15BrN2O5/c1-6(16)10(11(17)18)15-12(19)14-7-3-4-8(13)9(5-7)20-2/h3-6,10,16H,1-2H3,(H,17,18)(H2,14,15,19)/t6-,10+/m1/s1. The molecule has 0 unspecified atom stereocenters. The number of carboxylic acids is 1. The van der Waals surface area contributed by atoms with Crippen LogP contribution < -0.4 is 15.4 Å². The van der Waals surface area contributed by atoms with Crippen molar-refractivity contribution in [3.8, 4) is 5.75 Å². The zero-order valence-electron chi connectivity index (χ0n) is 10.9. The van der Waals surface area contributed by atoms with Crippen LogP contribution in [0.2, 0.25) is 0 Å². The van der Waals surface area contributed by atoms with Gasteiger partial charge in [0.2, 0.25) is 0 Å². The summed E-state index contributed by atoms with van der Waals surface area (Å²) in [6, 6.07) is 2.75. The van der Waals surface area contributed by atoms with E-state index in [4.69, 9.17) is 9.84 Å². The first-order chi connectivity index (χ1) is 9.35. The normalized spacial score (nSPS) is 13.2. The van der Waals surface area contributed by atoms with E-state index in [1.54, 1.807) is 18.2 Å². The van der Waals surface area contributed by atoms with Crippen LogP contribution in [0.15, 0.2) is 22.7 Å². The van der Waals surface area contributed by atoms with E-state index in [-0.39, 0.29) is 0 Å². The van der Waals surface area contributed by atoms with E-state index >= 15 is 0 Å². The topological polar surface area (TPSA) is 108 Å². The summed E-state index contributed by atoms with van der Waals surface area (Å²) in [7, 11) is 1.48. The largest absolute Gasteiger partial charge is 0.495 e. The minimum atomic E-state index is -1.38. The molecule has 2 amide bonds. The van der Waals surface area contributed by atoms with Crippen molar-refractivity contribution in [3.63, 3.8) is 0 Å². The van der Waals surface area contributed by atoms with E-state index < -0.39 is 24.1 Å². The number of methoxy groups -OCH3 is 1. The van der Waals surface area contributed by atoms with E-state index in [1.807, 2.05) is 0 Å². The molecular formula is C12H15BrN2O5. The number of amides is 2. The number of aliphatic hydroxyl groups is 1. The molecule has 0 aliphatic heterocycles. The smallest absolute Gasteiger partial charge is 0.328 e. The van der Waals surface area contributed by atoms with Crippen molar-refractivity contribution < 1.29 is 24.5 Å². The van der Waals surface area contributed by atoms with Crippen LogP contribution in [0.1, 0.15) is 6.92 Å². The molecule has 1 aromatic carbocycles. The summed E-state index contributed by atoms with van der Waals surface area (Å²) in [5, 5.41) is 22.7. The van der Waals surface area contributed by atoms with Gasteiger partial charge in [0.1, 0.15) is 5.75 Å². The van der Waals surface area contributed by atoms with E-state index in [0.717, 1.165) is 4.47 Å². The second-order valence-electron chi connectivity index (χ2n) is 4.00. The lowest BCUT2D eigenvalue weighted by Gasteiger charge is -2.17. The number of hydrogen-bond acceptors (Lipinski definition) is 4. The van der Waals surface area contributed by atoms with Gasteiger partial charge in [0, 0.05) is 11.8 Å². The minimum absolute atomic E-state index is 0.428. The van der Waals surface area contributed by atoms with Gasteiger partial charge in [-0.15, -0.1) is 0 Å². The Balaban J connectivity index is 2.73. The molecule has 0 aliphatic carbocycles. The third-order valence-electron chi connectivity index (χ3n) is 2.44. The molecule has 0 aliphatic rings. The predicted molar refractivity (Wildman–Crippen MR) is 76.0 cm³/mol. The molecule has 8 heteroatoms. The molecule has 0 bridgehead atoms. The zero-order valence-corrected chi connectivity index (χ0v) is 12.5. The summed E-state index contributed by atoms with van der Waals surface area (Å²) < 4.78 is 5.79. The molecule has 0 heterocycles. The monoisotopic (exact) mass is 346 g/mol. The summed E-state index contributed by atoms with van der Waals surface area (Å²) in [6.45, 7) is 1.28. The number of nitrogens with one attached hydrogen (secondary N) is 2. The van der Waals surface area contributed by atoms with Gasteiger partial charge in [0.25, 0.3) is 0 Å². The zero-order chi connectivity index (χ0) is 15.3. The van der Waals surface area contributed by atoms with Crippen molar-refractivity contribution in [3.05, 3.63) is 22.7 Å². The molecular weight excluding hydrogens is 332 g/mol. The van der Waals surface area contributed by atoms with Gasteiger partial charge < -0.3 is 25.6 Å². The highest BCUT2D eigenvalue weighted by molar-refractivity contribution is 9.10. The number of hydrogen-bond donors (Lipinski definition) is 4. The Kier molecular flexibility index (Phi) is 5.78. The maximum absolute atomic E-state index is 11.7. The van der Waals surface area contributed by atoms with Gasteiger partial charge >= 0.3 is 12.0 Å². The maximum Gasteiger partial charge on any atom is 0.328 e. The van der Waals surface area contributed by atoms with Gasteiger partial charge in [-0.1, -0.05) is 0 Å². The van der Waals surface area contributed by atoms with E-state index in [2.05, 4.69) is 26.6 Å². The van der Waals surface area contributed by atoms with Crippen LogP contribution in [0.5, 0.6) is 5.75 Å². The summed E-state index contributed by atoms with van der Waals surface area (Å²) in [5.41, 5.74) is 0.428. The number of aliphatic hydroxyl groups excluding tert-OH is 1. The fourth-order valence-electron chi connectivity index (χ4n) is 1.43. The number of rotatable bonds is 5. The van der Waals surface area contributed by atoms with Crippen LogP contribution in [0.25, 0.3) is 0 Å². The summed E-state index contributed by atoms with van der Waals surface area (Å²) in [6.07, 6.45) is -1.21. The van der Waals surface area contributed by atoms with E-state index in [1.165, 1.54) is 14.0 Å². The Morgan fingerprint density at radius 2 is 2.05 bits per heavy atom. The fraction of sp³-hybridized carbons (Fsp3) is 0.333. The molecule has 4 N–H and O–H groups in total. The number of carbonyl (C=O) groups is 2. The SMILES string of the molecule is COc1cc(NC(=O)N[C@H](C(=O)O)[C@@H](C)O)ccc1Br. The molecule has 110 valence electrons. The second kappa shape index (κ2) is 7.11. The minimum Gasteiger partial charge on any atom is -0.495 e. The number of benzene rings is 1. The number of anilines is 1. The molecule has 0 spiro atoms. The van der Waals surface area contributed by atoms with Crippen molar-refractivity contribution in [1.29, 1.82) is 0 Å². The van der Waals surface area contributed by atoms with Crippen molar-refractivity contribution in [2.24, 2.45) is 0 Å². The van der Waals surface area contributed by atoms with Crippen molar-refractivity contribution in [2.75, 3.05) is 12.4 Å². The lowest BCUT2D eigenvalue weighted by molar-refractivity contribution is -0.141. The van der Waals surface area contributed by atoms with Gasteiger partial charge in [0.05, 0.1) is 17.7 Å². The molecule has 20 heavy (non-hydrogen) atoms. The molecule has 0 fully saturated rings. The number of carboxylic acid groups (broad SMARTS) is 1. The van der Waals surface area contributed by atoms with E-state index in [9.17, 15) is 14.7 Å². The third kappa shape index (κ3) is 4.39. The van der Waals surface area contributed by atoms with Crippen LogP contribution >= 0.6 is 15.9 Å². The number of halogens is 1. The number of ether oxygens (including phenoxy) is 1. The fourth-order valence-corrected chi connectivity index (χ4v) is 1.84. The van der Waals surface area contributed by atoms with Crippen molar-refractivity contribution >= 4 is 33.6 Å². The molecule has 0 saturated heterocycles. The molecule has 7 nitrogen and oxygen atoms in total. The Morgan fingerprint density at radius 3 is 2.55 bits per heavy atom. The van der Waals surface area contributed by atoms with Crippen LogP contribution in [0.3, 0.4) is 0 Å². The van der Waals surface area contributed by atoms with Crippen molar-refractivity contribution in [1.82, 2.24) is 5.32 Å². The van der Waals surface area contributed by atoms with Crippen molar-refractivity contribution in [2.45, 2.75) is 19.1 Å². The maximum atomic E-state index is 11.7. The van der Waals surface area contributed by atoms with Gasteiger partial charge in [-0.25, -0.2) is 9.59 Å². The average Bonchev–Trinajstić information content (AvgIpc) is 2.37. The second-order valence-corrected chi connectivity index (χ2v) is 4.86. The first-order valence-electron chi connectivity index (χ1n) is 5.67. The molecule has 0 aromatic heterocycles. The molecule has 0 saturated carbocycles.